The van der Waals surface area contributed by atoms with E-state index >= 15 is 0 Å². The molecule has 0 spiro atoms. The van der Waals surface area contributed by atoms with E-state index in [1.54, 1.807) is 6.07 Å². The van der Waals surface area contributed by atoms with Crippen molar-refractivity contribution in [2.24, 2.45) is 0 Å². The first-order chi connectivity index (χ1) is 8.51. The molecule has 6 heteroatoms. The molecule has 94 valence electrons. The molecule has 0 aliphatic carbocycles. The summed E-state index contributed by atoms with van der Waals surface area (Å²) in [4.78, 5) is 7.95. The molecule has 0 unspecified atom stereocenters. The molecule has 2 aromatic rings. The Morgan fingerprint density at radius 1 is 1.06 bits per heavy atom. The van der Waals surface area contributed by atoms with E-state index in [-0.39, 0.29) is 16.5 Å². The molecular weight excluding hydrogens is 265 g/mol. The molecule has 0 bridgehead atoms. The van der Waals surface area contributed by atoms with Crippen LogP contribution < -0.4 is 0 Å². The summed E-state index contributed by atoms with van der Waals surface area (Å²) in [6.45, 7) is 1.86. The number of aromatic nitrogens is 2. The van der Waals surface area contributed by atoms with Gasteiger partial charge in [-0.2, -0.15) is 0 Å². The fraction of sp³-hybridized carbons (Fsp3) is 0.167. The number of nitrogens with zero attached hydrogens (tertiary/aromatic N) is 2. The third-order valence-electron chi connectivity index (χ3n) is 2.35. The smallest absolute Gasteiger partial charge is 0.194 e. The van der Waals surface area contributed by atoms with Crippen LogP contribution in [0, 0.1) is 17.5 Å². The number of benzene rings is 1. The van der Waals surface area contributed by atoms with Gasteiger partial charge in [0.1, 0.15) is 5.15 Å². The minimum absolute atomic E-state index is 0.0450. The van der Waals surface area contributed by atoms with Crippen LogP contribution in [0.15, 0.2) is 18.2 Å². The molecule has 0 aliphatic heterocycles. The van der Waals surface area contributed by atoms with Crippen molar-refractivity contribution in [1.82, 2.24) is 9.97 Å². The lowest BCUT2D eigenvalue weighted by molar-refractivity contribution is 0.447. The van der Waals surface area contributed by atoms with Crippen molar-refractivity contribution >= 4 is 11.6 Å². The van der Waals surface area contributed by atoms with Crippen molar-refractivity contribution in [3.63, 3.8) is 0 Å². The number of aryl methyl sites for hydroxylation is 1. The molecule has 1 heterocycles. The van der Waals surface area contributed by atoms with Crippen molar-refractivity contribution in [3.05, 3.63) is 46.5 Å². The van der Waals surface area contributed by atoms with Crippen LogP contribution in [-0.2, 0) is 6.42 Å². The minimum atomic E-state index is -1.52. The Hall–Kier alpha value is -1.62. The van der Waals surface area contributed by atoms with Gasteiger partial charge in [-0.15, -0.1) is 0 Å². The van der Waals surface area contributed by atoms with Crippen LogP contribution in [0.25, 0.3) is 11.4 Å². The average molecular weight is 273 g/mol. The van der Waals surface area contributed by atoms with Crippen LogP contribution in [0.1, 0.15) is 12.6 Å². The number of hydrogen-bond acceptors (Lipinski definition) is 2. The van der Waals surface area contributed by atoms with E-state index in [4.69, 9.17) is 11.6 Å². The van der Waals surface area contributed by atoms with Crippen LogP contribution in [-0.4, -0.2) is 9.97 Å². The summed E-state index contributed by atoms with van der Waals surface area (Å²) in [6, 6.07) is 3.23. The molecule has 1 aromatic carbocycles. The fourth-order valence-electron chi connectivity index (χ4n) is 1.46. The largest absolute Gasteiger partial charge is 0.233 e. The van der Waals surface area contributed by atoms with Crippen molar-refractivity contribution in [2.75, 3.05) is 0 Å². The monoisotopic (exact) mass is 272 g/mol. The first-order valence-electron chi connectivity index (χ1n) is 5.19. The summed E-state index contributed by atoms with van der Waals surface area (Å²) < 4.78 is 39.0. The third-order valence-corrected chi connectivity index (χ3v) is 2.55. The molecule has 0 aliphatic rings. The maximum Gasteiger partial charge on any atom is 0.194 e. The first-order valence-corrected chi connectivity index (χ1v) is 5.57. The molecule has 0 saturated heterocycles. The van der Waals surface area contributed by atoms with E-state index in [2.05, 4.69) is 9.97 Å². The van der Waals surface area contributed by atoms with Gasteiger partial charge in [-0.25, -0.2) is 23.1 Å². The predicted octanol–water partition coefficient (Wildman–Crippen LogP) is 3.78. The zero-order valence-electron chi connectivity index (χ0n) is 9.35. The van der Waals surface area contributed by atoms with Crippen molar-refractivity contribution < 1.29 is 13.2 Å². The summed E-state index contributed by atoms with van der Waals surface area (Å²) >= 11 is 5.78. The summed E-state index contributed by atoms with van der Waals surface area (Å²) in [7, 11) is 0. The predicted molar refractivity (Wildman–Crippen MR) is 61.7 cm³/mol. The van der Waals surface area contributed by atoms with Gasteiger partial charge in [-0.1, -0.05) is 18.5 Å². The molecule has 1 aromatic heterocycles. The molecule has 0 radical (unpaired) electrons. The molecule has 0 amide bonds. The fourth-order valence-corrected chi connectivity index (χ4v) is 1.67. The second-order valence-electron chi connectivity index (χ2n) is 3.61. The third kappa shape index (κ3) is 2.46. The van der Waals surface area contributed by atoms with Gasteiger partial charge in [0, 0.05) is 11.3 Å². The lowest BCUT2D eigenvalue weighted by Gasteiger charge is -2.05. The van der Waals surface area contributed by atoms with Gasteiger partial charge in [-0.3, -0.25) is 0 Å². The van der Waals surface area contributed by atoms with Gasteiger partial charge >= 0.3 is 0 Å². The number of rotatable bonds is 2. The highest BCUT2D eigenvalue weighted by Crippen LogP contribution is 2.22. The molecule has 18 heavy (non-hydrogen) atoms. The van der Waals surface area contributed by atoms with Crippen molar-refractivity contribution in [1.29, 1.82) is 0 Å². The van der Waals surface area contributed by atoms with E-state index < -0.39 is 17.5 Å². The Morgan fingerprint density at radius 3 is 2.22 bits per heavy atom. The van der Waals surface area contributed by atoms with E-state index in [1.165, 1.54) is 0 Å². The Morgan fingerprint density at radius 2 is 1.67 bits per heavy atom. The van der Waals surface area contributed by atoms with Crippen molar-refractivity contribution in [3.8, 4) is 11.4 Å². The van der Waals surface area contributed by atoms with Gasteiger partial charge in [0.25, 0.3) is 0 Å². The maximum absolute atomic E-state index is 13.1. The van der Waals surface area contributed by atoms with E-state index in [1.807, 2.05) is 6.92 Å². The second-order valence-corrected chi connectivity index (χ2v) is 4.00. The van der Waals surface area contributed by atoms with Gasteiger partial charge < -0.3 is 0 Å². The van der Waals surface area contributed by atoms with Crippen LogP contribution in [0.2, 0.25) is 5.15 Å². The standard InChI is InChI=1S/C12H8ClF3N2/c1-2-7-5-10(13)18-12(17-7)6-3-8(14)11(16)9(15)4-6/h3-5H,2H2,1H3. The Bertz CT molecular complexity index is 579. The van der Waals surface area contributed by atoms with E-state index in [0.717, 1.165) is 12.1 Å². The Labute approximate surface area is 106 Å². The molecule has 2 nitrogen and oxygen atoms in total. The molecule has 0 N–H and O–H groups in total. The Balaban J connectivity index is 2.58. The molecule has 0 atom stereocenters. The average Bonchev–Trinajstić information content (AvgIpc) is 2.34. The highest BCUT2D eigenvalue weighted by Gasteiger charge is 2.14. The van der Waals surface area contributed by atoms with E-state index in [9.17, 15) is 13.2 Å². The highest BCUT2D eigenvalue weighted by molar-refractivity contribution is 6.29. The Kier molecular flexibility index (Phi) is 3.52. The lowest BCUT2D eigenvalue weighted by Crippen LogP contribution is -1.98. The maximum atomic E-state index is 13.1. The van der Waals surface area contributed by atoms with Gasteiger partial charge in [0.05, 0.1) is 0 Å². The summed E-state index contributed by atoms with van der Waals surface area (Å²) in [5, 5.41) is 0.169. The quantitative estimate of drug-likeness (QED) is 0.614. The van der Waals surface area contributed by atoms with Crippen LogP contribution in [0.3, 0.4) is 0 Å². The molecular formula is C12H8ClF3N2. The first kappa shape index (κ1) is 12.8. The lowest BCUT2D eigenvalue weighted by atomic mass is 10.2. The van der Waals surface area contributed by atoms with Gasteiger partial charge in [0.15, 0.2) is 23.3 Å². The SMILES string of the molecule is CCc1cc(Cl)nc(-c2cc(F)c(F)c(F)c2)n1. The number of halogens is 4. The van der Waals surface area contributed by atoms with Crippen LogP contribution in [0.5, 0.6) is 0 Å². The zero-order valence-corrected chi connectivity index (χ0v) is 10.1. The molecule has 2 rings (SSSR count). The summed E-state index contributed by atoms with van der Waals surface area (Å²) in [5.74, 6) is -4.02. The zero-order chi connectivity index (χ0) is 13.3. The molecule has 0 fully saturated rings. The van der Waals surface area contributed by atoms with Crippen LogP contribution >= 0.6 is 11.6 Å². The normalized spacial score (nSPS) is 10.7. The van der Waals surface area contributed by atoms with Gasteiger partial charge in [-0.05, 0) is 24.6 Å². The molecule has 0 saturated carbocycles. The topological polar surface area (TPSA) is 25.8 Å². The van der Waals surface area contributed by atoms with Crippen molar-refractivity contribution in [2.45, 2.75) is 13.3 Å². The second kappa shape index (κ2) is 4.94. The summed E-state index contributed by atoms with van der Waals surface area (Å²) in [6.07, 6.45) is 0.599. The van der Waals surface area contributed by atoms with Gasteiger partial charge in [0.2, 0.25) is 0 Å². The summed E-state index contributed by atoms with van der Waals surface area (Å²) in [5.41, 5.74) is 0.679. The highest BCUT2D eigenvalue weighted by atomic mass is 35.5. The number of hydrogen-bond donors (Lipinski definition) is 0. The van der Waals surface area contributed by atoms with E-state index in [0.29, 0.717) is 12.1 Å². The van der Waals surface area contributed by atoms with Crippen LogP contribution in [0.4, 0.5) is 13.2 Å². The minimum Gasteiger partial charge on any atom is -0.233 e.